The van der Waals surface area contributed by atoms with Crippen LogP contribution in [0.3, 0.4) is 0 Å². The van der Waals surface area contributed by atoms with Crippen molar-refractivity contribution in [3.63, 3.8) is 0 Å². The van der Waals surface area contributed by atoms with Gasteiger partial charge in [0, 0.05) is 31.5 Å². The number of thiophene rings is 1. The van der Waals surface area contributed by atoms with Crippen molar-refractivity contribution in [3.05, 3.63) is 58.7 Å². The minimum atomic E-state index is -0.0543. The largest absolute Gasteiger partial charge is 0.347 e. The lowest BCUT2D eigenvalue weighted by Gasteiger charge is -2.04. The first-order valence-corrected chi connectivity index (χ1v) is 7.36. The number of aryl methyl sites for hydroxylation is 1. The van der Waals surface area contributed by atoms with E-state index >= 15 is 0 Å². The highest BCUT2D eigenvalue weighted by atomic mass is 32.1. The molecule has 0 spiro atoms. The minimum Gasteiger partial charge on any atom is -0.347 e. The monoisotopic (exact) mass is 298 g/mol. The molecule has 1 N–H and O–H groups in total. The Balaban J connectivity index is 1.63. The molecule has 0 radical (unpaired) electrons. The van der Waals surface area contributed by atoms with Crippen LogP contribution in [0.1, 0.15) is 15.2 Å². The SMILES string of the molecule is Cn1cc(-c2ccc(CNC(=O)c3cccs3)cn2)cn1. The predicted octanol–water partition coefficient (Wildman–Crippen LogP) is 2.47. The average Bonchev–Trinajstić information content (AvgIpc) is 3.17. The van der Waals surface area contributed by atoms with Gasteiger partial charge >= 0.3 is 0 Å². The molecular weight excluding hydrogens is 284 g/mol. The number of rotatable bonds is 4. The lowest BCUT2D eigenvalue weighted by atomic mass is 10.2. The quantitative estimate of drug-likeness (QED) is 0.805. The summed E-state index contributed by atoms with van der Waals surface area (Å²) in [4.78, 5) is 17.0. The second kappa shape index (κ2) is 5.88. The number of carbonyl (C=O) groups excluding carboxylic acids is 1. The summed E-state index contributed by atoms with van der Waals surface area (Å²) >= 11 is 1.43. The molecular formula is C15H14N4OS. The highest BCUT2D eigenvalue weighted by molar-refractivity contribution is 7.12. The first kappa shape index (κ1) is 13.5. The summed E-state index contributed by atoms with van der Waals surface area (Å²) in [6.07, 6.45) is 5.47. The Morgan fingerprint density at radius 1 is 1.33 bits per heavy atom. The van der Waals surface area contributed by atoms with Crippen molar-refractivity contribution in [2.24, 2.45) is 7.05 Å². The van der Waals surface area contributed by atoms with Gasteiger partial charge < -0.3 is 5.32 Å². The summed E-state index contributed by atoms with van der Waals surface area (Å²) in [6.45, 7) is 0.469. The molecule has 0 saturated carbocycles. The molecule has 0 aromatic carbocycles. The van der Waals surface area contributed by atoms with E-state index in [1.165, 1.54) is 11.3 Å². The van der Waals surface area contributed by atoms with Crippen LogP contribution in [0, 0.1) is 0 Å². The highest BCUT2D eigenvalue weighted by Crippen LogP contribution is 2.15. The molecule has 6 heteroatoms. The van der Waals surface area contributed by atoms with Gasteiger partial charge in [0.1, 0.15) is 0 Å². The summed E-state index contributed by atoms with van der Waals surface area (Å²) in [5.41, 5.74) is 2.82. The van der Waals surface area contributed by atoms with E-state index < -0.39 is 0 Å². The van der Waals surface area contributed by atoms with E-state index in [0.29, 0.717) is 6.54 Å². The third-order valence-electron chi connectivity index (χ3n) is 3.02. The van der Waals surface area contributed by atoms with Gasteiger partial charge in [-0.3, -0.25) is 14.5 Å². The Labute approximate surface area is 126 Å². The maximum Gasteiger partial charge on any atom is 0.261 e. The summed E-state index contributed by atoms with van der Waals surface area (Å²) in [6, 6.07) is 7.57. The van der Waals surface area contributed by atoms with Crippen LogP contribution in [0.4, 0.5) is 0 Å². The Kier molecular flexibility index (Phi) is 3.79. The highest BCUT2D eigenvalue weighted by Gasteiger charge is 2.06. The topological polar surface area (TPSA) is 59.8 Å². The molecule has 1 amide bonds. The molecule has 3 aromatic rings. The van der Waals surface area contributed by atoms with E-state index in [0.717, 1.165) is 21.7 Å². The zero-order chi connectivity index (χ0) is 14.7. The molecule has 0 saturated heterocycles. The molecule has 21 heavy (non-hydrogen) atoms. The first-order valence-electron chi connectivity index (χ1n) is 6.48. The molecule has 3 heterocycles. The van der Waals surface area contributed by atoms with Gasteiger partial charge in [-0.05, 0) is 23.1 Å². The average molecular weight is 298 g/mol. The Hall–Kier alpha value is -2.47. The molecule has 0 aliphatic heterocycles. The van der Waals surface area contributed by atoms with Crippen LogP contribution in [-0.2, 0) is 13.6 Å². The Morgan fingerprint density at radius 2 is 2.24 bits per heavy atom. The smallest absolute Gasteiger partial charge is 0.261 e. The number of aromatic nitrogens is 3. The number of nitrogens with one attached hydrogen (secondary N) is 1. The van der Waals surface area contributed by atoms with Crippen molar-refractivity contribution in [3.8, 4) is 11.3 Å². The van der Waals surface area contributed by atoms with Crippen molar-refractivity contribution in [2.45, 2.75) is 6.54 Å². The number of hydrogen-bond acceptors (Lipinski definition) is 4. The van der Waals surface area contributed by atoms with E-state index in [2.05, 4.69) is 15.4 Å². The Bertz CT molecular complexity index is 731. The van der Waals surface area contributed by atoms with Crippen LogP contribution in [0.5, 0.6) is 0 Å². The van der Waals surface area contributed by atoms with Gasteiger partial charge in [-0.2, -0.15) is 5.10 Å². The van der Waals surface area contributed by atoms with Crippen LogP contribution in [0.2, 0.25) is 0 Å². The minimum absolute atomic E-state index is 0.0543. The van der Waals surface area contributed by atoms with Gasteiger partial charge in [0.15, 0.2) is 0 Å². The lowest BCUT2D eigenvalue weighted by Crippen LogP contribution is -2.21. The lowest BCUT2D eigenvalue weighted by molar-refractivity contribution is 0.0955. The molecule has 0 bridgehead atoms. The van der Waals surface area contributed by atoms with E-state index in [9.17, 15) is 4.79 Å². The summed E-state index contributed by atoms with van der Waals surface area (Å²) in [5.74, 6) is -0.0543. The van der Waals surface area contributed by atoms with E-state index in [1.807, 2.05) is 42.9 Å². The van der Waals surface area contributed by atoms with Crippen molar-refractivity contribution in [1.82, 2.24) is 20.1 Å². The molecule has 0 atom stereocenters. The van der Waals surface area contributed by atoms with E-state index in [-0.39, 0.29) is 5.91 Å². The fourth-order valence-electron chi connectivity index (χ4n) is 1.93. The van der Waals surface area contributed by atoms with Gasteiger partial charge in [-0.1, -0.05) is 12.1 Å². The van der Waals surface area contributed by atoms with Crippen LogP contribution in [-0.4, -0.2) is 20.7 Å². The Morgan fingerprint density at radius 3 is 2.86 bits per heavy atom. The third-order valence-corrected chi connectivity index (χ3v) is 3.89. The van der Waals surface area contributed by atoms with Crippen molar-refractivity contribution < 1.29 is 4.79 Å². The van der Waals surface area contributed by atoms with Gasteiger partial charge in [0.2, 0.25) is 0 Å². The van der Waals surface area contributed by atoms with E-state index in [1.54, 1.807) is 17.1 Å². The fraction of sp³-hybridized carbons (Fsp3) is 0.133. The van der Waals surface area contributed by atoms with Gasteiger partial charge in [0.05, 0.1) is 16.8 Å². The van der Waals surface area contributed by atoms with E-state index in [4.69, 9.17) is 0 Å². The molecule has 0 aliphatic carbocycles. The number of carbonyl (C=O) groups is 1. The zero-order valence-corrected chi connectivity index (χ0v) is 12.3. The molecule has 0 fully saturated rings. The van der Waals surface area contributed by atoms with Crippen LogP contribution >= 0.6 is 11.3 Å². The maximum absolute atomic E-state index is 11.8. The van der Waals surface area contributed by atoms with Crippen LogP contribution < -0.4 is 5.32 Å². The number of hydrogen-bond donors (Lipinski definition) is 1. The third kappa shape index (κ3) is 3.17. The first-order chi connectivity index (χ1) is 10.2. The van der Waals surface area contributed by atoms with Crippen molar-refractivity contribution in [2.75, 3.05) is 0 Å². The second-order valence-corrected chi connectivity index (χ2v) is 5.56. The molecule has 3 aromatic heterocycles. The number of nitrogens with zero attached hydrogens (tertiary/aromatic N) is 3. The van der Waals surface area contributed by atoms with Gasteiger partial charge in [-0.25, -0.2) is 0 Å². The normalized spacial score (nSPS) is 10.5. The fourth-order valence-corrected chi connectivity index (χ4v) is 2.57. The maximum atomic E-state index is 11.8. The van der Waals surface area contributed by atoms with Crippen molar-refractivity contribution in [1.29, 1.82) is 0 Å². The molecule has 3 rings (SSSR count). The molecule has 5 nitrogen and oxygen atoms in total. The summed E-state index contributed by atoms with van der Waals surface area (Å²) in [7, 11) is 1.87. The van der Waals surface area contributed by atoms with Crippen molar-refractivity contribution >= 4 is 17.2 Å². The van der Waals surface area contributed by atoms with Gasteiger partial charge in [0.25, 0.3) is 5.91 Å². The van der Waals surface area contributed by atoms with Gasteiger partial charge in [-0.15, -0.1) is 11.3 Å². The number of pyridine rings is 1. The molecule has 0 aliphatic rings. The number of amides is 1. The molecule has 0 unspecified atom stereocenters. The standard InChI is InChI=1S/C15H14N4OS/c1-19-10-12(9-18-19)13-5-4-11(7-16-13)8-17-15(20)14-3-2-6-21-14/h2-7,9-10H,8H2,1H3,(H,17,20). The van der Waals surface area contributed by atoms with Crippen LogP contribution in [0.25, 0.3) is 11.3 Å². The second-order valence-electron chi connectivity index (χ2n) is 4.61. The summed E-state index contributed by atoms with van der Waals surface area (Å²) in [5, 5.41) is 8.89. The predicted molar refractivity (Wildman–Crippen MR) is 81.9 cm³/mol. The van der Waals surface area contributed by atoms with Crippen LogP contribution in [0.15, 0.2) is 48.2 Å². The molecule has 106 valence electrons. The summed E-state index contributed by atoms with van der Waals surface area (Å²) < 4.78 is 1.74. The zero-order valence-electron chi connectivity index (χ0n) is 11.5.